The number of urea groups is 1. The summed E-state index contributed by atoms with van der Waals surface area (Å²) in [5, 5.41) is 7.22. The molecule has 9 nitrogen and oxygen atoms in total. The zero-order chi connectivity index (χ0) is 23.5. The predicted octanol–water partition coefficient (Wildman–Crippen LogP) is 4.56. The molecule has 0 spiro atoms. The van der Waals surface area contributed by atoms with Crippen LogP contribution in [0.3, 0.4) is 0 Å². The van der Waals surface area contributed by atoms with Crippen LogP contribution in [-0.2, 0) is 0 Å². The van der Waals surface area contributed by atoms with Gasteiger partial charge >= 0.3 is 6.03 Å². The van der Waals surface area contributed by atoms with Gasteiger partial charge in [-0.2, -0.15) is 0 Å². The third kappa shape index (κ3) is 4.76. The molecule has 1 unspecified atom stereocenters. The lowest BCUT2D eigenvalue weighted by Gasteiger charge is -2.33. The van der Waals surface area contributed by atoms with Crippen LogP contribution in [0.1, 0.15) is 12.8 Å². The molecule has 34 heavy (non-hydrogen) atoms. The molecule has 3 N–H and O–H groups in total. The van der Waals surface area contributed by atoms with Crippen molar-refractivity contribution in [3.63, 3.8) is 0 Å². The Bertz CT molecular complexity index is 1320. The Balaban J connectivity index is 1.26. The van der Waals surface area contributed by atoms with Crippen molar-refractivity contribution in [3.05, 3.63) is 60.0 Å². The normalized spacial score (nSPS) is 15.9. The first-order valence-electron chi connectivity index (χ1n) is 10.9. The van der Waals surface area contributed by atoms with Crippen molar-refractivity contribution in [3.8, 4) is 11.4 Å². The topological polar surface area (TPSA) is 112 Å². The summed E-state index contributed by atoms with van der Waals surface area (Å²) in [5.41, 5.74) is 1.98. The number of halogens is 2. The van der Waals surface area contributed by atoms with Gasteiger partial charge in [0.2, 0.25) is 0 Å². The van der Waals surface area contributed by atoms with Gasteiger partial charge in [-0.15, -0.1) is 0 Å². The molecule has 5 heterocycles. The largest absolute Gasteiger partial charge is 0.367 e. The van der Waals surface area contributed by atoms with Gasteiger partial charge < -0.3 is 20.5 Å². The number of carbonyl (C=O) groups is 1. The monoisotopic (exact) mass is 480 g/mol. The van der Waals surface area contributed by atoms with Crippen molar-refractivity contribution in [2.24, 2.45) is 5.92 Å². The quantitative estimate of drug-likeness (QED) is 0.386. The SMILES string of the molecule is O=C(Nc1cccnc1)N1CCCC(CNc2nc(-c3c[nH]c4ncc(Cl)cc34)ncc2F)C1. The predicted molar refractivity (Wildman–Crippen MR) is 128 cm³/mol. The first-order chi connectivity index (χ1) is 16.6. The number of rotatable bonds is 5. The van der Waals surface area contributed by atoms with E-state index in [1.54, 1.807) is 47.9 Å². The van der Waals surface area contributed by atoms with Crippen LogP contribution in [0, 0.1) is 11.7 Å². The fourth-order valence-corrected chi connectivity index (χ4v) is 4.24. The highest BCUT2D eigenvalue weighted by Crippen LogP contribution is 2.28. The first kappa shape index (κ1) is 22.0. The second-order valence-corrected chi connectivity index (χ2v) is 8.59. The molecular formula is C23H22ClFN8O. The number of hydrogen-bond acceptors (Lipinski definition) is 6. The molecule has 4 aromatic rings. The molecule has 1 atom stereocenters. The van der Waals surface area contributed by atoms with Gasteiger partial charge in [0.25, 0.3) is 0 Å². The molecule has 174 valence electrons. The highest BCUT2D eigenvalue weighted by atomic mass is 35.5. The molecule has 1 aliphatic rings. The van der Waals surface area contributed by atoms with E-state index >= 15 is 0 Å². The van der Waals surface area contributed by atoms with E-state index in [0.29, 0.717) is 47.4 Å². The molecule has 4 aromatic heterocycles. The smallest absolute Gasteiger partial charge is 0.321 e. The third-order valence-electron chi connectivity index (χ3n) is 5.76. The van der Waals surface area contributed by atoms with Crippen molar-refractivity contribution in [1.82, 2.24) is 29.8 Å². The number of aromatic amines is 1. The lowest BCUT2D eigenvalue weighted by Crippen LogP contribution is -2.44. The Morgan fingerprint density at radius 2 is 2.21 bits per heavy atom. The van der Waals surface area contributed by atoms with E-state index in [4.69, 9.17) is 11.6 Å². The summed E-state index contributed by atoms with van der Waals surface area (Å²) in [4.78, 5) is 34.2. The second kappa shape index (κ2) is 9.60. The number of anilines is 2. The zero-order valence-electron chi connectivity index (χ0n) is 18.1. The third-order valence-corrected chi connectivity index (χ3v) is 5.97. The van der Waals surface area contributed by atoms with Crippen molar-refractivity contribution in [1.29, 1.82) is 0 Å². The Kier molecular flexibility index (Phi) is 6.22. The standard InChI is InChI=1S/C23H22ClFN8O/c24-15-7-17-18(11-29-20(17)28-9-15)21-30-12-19(25)22(32-21)27-8-14-3-2-6-33(13-14)23(34)31-16-4-1-5-26-10-16/h1,4-5,7,9-12,14H,2-3,6,8,13H2,(H,28,29)(H,31,34)(H,27,30,32). The van der Waals surface area contributed by atoms with Crippen molar-refractivity contribution in [2.75, 3.05) is 30.3 Å². The Labute approximate surface area is 199 Å². The molecule has 1 saturated heterocycles. The number of piperidine rings is 1. The highest BCUT2D eigenvalue weighted by molar-refractivity contribution is 6.31. The lowest BCUT2D eigenvalue weighted by molar-refractivity contribution is 0.180. The number of likely N-dealkylation sites (tertiary alicyclic amines) is 1. The molecule has 11 heteroatoms. The maximum absolute atomic E-state index is 14.5. The van der Waals surface area contributed by atoms with Crippen LogP contribution >= 0.6 is 11.6 Å². The summed E-state index contributed by atoms with van der Waals surface area (Å²) < 4.78 is 14.5. The molecule has 0 bridgehead atoms. The molecule has 0 saturated carbocycles. The van der Waals surface area contributed by atoms with Gasteiger partial charge in [-0.1, -0.05) is 11.6 Å². The van der Waals surface area contributed by atoms with Crippen LogP contribution < -0.4 is 10.6 Å². The highest BCUT2D eigenvalue weighted by Gasteiger charge is 2.24. The van der Waals surface area contributed by atoms with Crippen molar-refractivity contribution >= 4 is 40.2 Å². The van der Waals surface area contributed by atoms with Crippen LogP contribution in [0.25, 0.3) is 22.4 Å². The van der Waals surface area contributed by atoms with Gasteiger partial charge in [-0.3, -0.25) is 4.98 Å². The number of aromatic nitrogens is 5. The van der Waals surface area contributed by atoms with Gasteiger partial charge in [0.1, 0.15) is 5.65 Å². The second-order valence-electron chi connectivity index (χ2n) is 8.15. The number of hydrogen-bond donors (Lipinski definition) is 3. The minimum Gasteiger partial charge on any atom is -0.367 e. The van der Waals surface area contributed by atoms with Crippen LogP contribution in [0.15, 0.2) is 49.2 Å². The first-order valence-corrected chi connectivity index (χ1v) is 11.3. The molecule has 0 radical (unpaired) electrons. The van der Waals surface area contributed by atoms with Crippen molar-refractivity contribution < 1.29 is 9.18 Å². The van der Waals surface area contributed by atoms with Crippen LogP contribution in [0.2, 0.25) is 5.02 Å². The van der Waals surface area contributed by atoms with Gasteiger partial charge in [0.15, 0.2) is 17.5 Å². The number of nitrogens with one attached hydrogen (secondary N) is 3. The summed E-state index contributed by atoms with van der Waals surface area (Å²) in [5.74, 6) is 0.0932. The van der Waals surface area contributed by atoms with Gasteiger partial charge in [0.05, 0.1) is 23.1 Å². The Morgan fingerprint density at radius 3 is 3.06 bits per heavy atom. The van der Waals surface area contributed by atoms with E-state index in [9.17, 15) is 9.18 Å². The Morgan fingerprint density at radius 1 is 1.29 bits per heavy atom. The molecule has 2 amide bonds. The van der Waals surface area contributed by atoms with Gasteiger partial charge in [-0.05, 0) is 37.0 Å². The average Bonchev–Trinajstić information content (AvgIpc) is 3.27. The Hall–Kier alpha value is -3.79. The number of carbonyl (C=O) groups excluding carboxylic acids is 1. The number of pyridine rings is 2. The van der Waals surface area contributed by atoms with E-state index in [-0.39, 0.29) is 17.8 Å². The van der Waals surface area contributed by atoms with E-state index < -0.39 is 5.82 Å². The maximum atomic E-state index is 14.5. The molecule has 1 aliphatic heterocycles. The van der Waals surface area contributed by atoms with Crippen LogP contribution in [0.5, 0.6) is 0 Å². The molecule has 0 aliphatic carbocycles. The maximum Gasteiger partial charge on any atom is 0.321 e. The molecule has 5 rings (SSSR count). The molecule has 0 aromatic carbocycles. The number of fused-ring (bicyclic) bond motifs is 1. The van der Waals surface area contributed by atoms with E-state index in [2.05, 4.69) is 35.6 Å². The summed E-state index contributed by atoms with van der Waals surface area (Å²) >= 11 is 6.08. The number of nitrogens with zero attached hydrogens (tertiary/aromatic N) is 5. The minimum atomic E-state index is -0.540. The van der Waals surface area contributed by atoms with Gasteiger partial charge in [-0.25, -0.2) is 24.1 Å². The summed E-state index contributed by atoms with van der Waals surface area (Å²) in [6.07, 6.45) is 9.48. The van der Waals surface area contributed by atoms with E-state index in [0.717, 1.165) is 24.4 Å². The fourth-order valence-electron chi connectivity index (χ4n) is 4.08. The fraction of sp³-hybridized carbons (Fsp3) is 0.261. The van der Waals surface area contributed by atoms with E-state index in [1.165, 1.54) is 0 Å². The minimum absolute atomic E-state index is 0.117. The van der Waals surface area contributed by atoms with Crippen LogP contribution in [-0.4, -0.2) is 55.5 Å². The summed E-state index contributed by atoms with van der Waals surface area (Å²) in [6, 6.07) is 5.16. The molecule has 1 fully saturated rings. The van der Waals surface area contributed by atoms with Crippen molar-refractivity contribution in [2.45, 2.75) is 12.8 Å². The van der Waals surface area contributed by atoms with Crippen LogP contribution in [0.4, 0.5) is 20.7 Å². The number of H-pyrrole nitrogens is 1. The number of amides is 2. The zero-order valence-corrected chi connectivity index (χ0v) is 18.9. The summed E-state index contributed by atoms with van der Waals surface area (Å²) in [6.45, 7) is 1.71. The average molecular weight is 481 g/mol. The molecular weight excluding hydrogens is 459 g/mol. The summed E-state index contributed by atoms with van der Waals surface area (Å²) in [7, 11) is 0. The van der Waals surface area contributed by atoms with E-state index in [1.807, 2.05) is 0 Å². The van der Waals surface area contributed by atoms with Gasteiger partial charge in [0, 0.05) is 49.2 Å². The lowest BCUT2D eigenvalue weighted by atomic mass is 9.98.